The molecule has 6 unspecified atom stereocenters. The summed E-state index contributed by atoms with van der Waals surface area (Å²) in [5, 5.41) is 10.8. The zero-order chi connectivity index (χ0) is 21.0. The predicted molar refractivity (Wildman–Crippen MR) is 105 cm³/mol. The van der Waals surface area contributed by atoms with Gasteiger partial charge in [-0.15, -0.1) is 0 Å². The molecule has 166 valence electrons. The van der Waals surface area contributed by atoms with Crippen LogP contribution in [0.4, 0.5) is 0 Å². The summed E-state index contributed by atoms with van der Waals surface area (Å²) in [6.07, 6.45) is -0.116. The van der Waals surface area contributed by atoms with E-state index in [0.29, 0.717) is 26.1 Å². The highest BCUT2D eigenvalue weighted by atomic mass is 16.7. The largest absolute Gasteiger partial charge is 0.469 e. The lowest BCUT2D eigenvalue weighted by Crippen LogP contribution is -2.55. The molecule has 0 radical (unpaired) electrons. The first kappa shape index (κ1) is 21.7. The number of hydrogen-bond donors (Lipinski definition) is 1. The Labute approximate surface area is 176 Å². The lowest BCUT2D eigenvalue weighted by Gasteiger charge is -2.42. The second-order valence-electron chi connectivity index (χ2n) is 8.03. The van der Waals surface area contributed by atoms with Crippen LogP contribution in [0.25, 0.3) is 0 Å². The molecule has 1 aromatic carbocycles. The van der Waals surface area contributed by atoms with Crippen molar-refractivity contribution in [3.8, 4) is 0 Å². The first-order chi connectivity index (χ1) is 14.6. The predicted octanol–water partition coefficient (Wildman–Crippen LogP) is 1.58. The molecule has 8 nitrogen and oxygen atoms in total. The Hall–Kier alpha value is -1.55. The maximum absolute atomic E-state index is 11.6. The molecule has 4 rings (SSSR count). The van der Waals surface area contributed by atoms with E-state index in [2.05, 4.69) is 0 Å². The van der Waals surface area contributed by atoms with Gasteiger partial charge in [0.05, 0.1) is 52.2 Å². The highest BCUT2D eigenvalue weighted by Gasteiger charge is 2.54. The fourth-order valence-corrected chi connectivity index (χ4v) is 4.30. The molecule has 1 aromatic rings. The highest BCUT2D eigenvalue weighted by Crippen LogP contribution is 2.38. The Balaban J connectivity index is 1.34. The maximum Gasteiger partial charge on any atom is 0.308 e. The Bertz CT molecular complexity index is 698. The first-order valence-corrected chi connectivity index (χ1v) is 10.5. The van der Waals surface area contributed by atoms with Crippen LogP contribution in [0.5, 0.6) is 0 Å². The van der Waals surface area contributed by atoms with Gasteiger partial charge in [0.1, 0.15) is 18.3 Å². The van der Waals surface area contributed by atoms with E-state index in [4.69, 9.17) is 28.4 Å². The van der Waals surface area contributed by atoms with Crippen molar-refractivity contribution in [1.29, 1.82) is 0 Å². The van der Waals surface area contributed by atoms with Gasteiger partial charge in [-0.1, -0.05) is 30.3 Å². The monoisotopic (exact) mass is 422 g/mol. The summed E-state index contributed by atoms with van der Waals surface area (Å²) in [6, 6.07) is 9.90. The minimum absolute atomic E-state index is 0.201. The number of benzene rings is 1. The van der Waals surface area contributed by atoms with Gasteiger partial charge in [0.2, 0.25) is 0 Å². The van der Waals surface area contributed by atoms with E-state index in [-0.39, 0.29) is 43.9 Å². The molecule has 1 N–H and O–H groups in total. The lowest BCUT2D eigenvalue weighted by atomic mass is 9.97. The van der Waals surface area contributed by atoms with E-state index in [1.807, 2.05) is 30.3 Å². The fraction of sp³-hybridized carbons (Fsp3) is 0.682. The van der Waals surface area contributed by atoms with E-state index in [1.165, 1.54) is 7.11 Å². The van der Waals surface area contributed by atoms with Gasteiger partial charge in [0.25, 0.3) is 0 Å². The molecule has 0 spiro atoms. The molecule has 0 saturated carbocycles. The molecule has 8 heteroatoms. The normalized spacial score (nSPS) is 35.9. The van der Waals surface area contributed by atoms with Crippen LogP contribution in [-0.4, -0.2) is 74.3 Å². The zero-order valence-electron chi connectivity index (χ0n) is 17.2. The second-order valence-corrected chi connectivity index (χ2v) is 8.03. The number of carbonyl (C=O) groups is 1. The third-order valence-corrected chi connectivity index (χ3v) is 6.02. The number of esters is 1. The lowest BCUT2D eigenvalue weighted by molar-refractivity contribution is -0.291. The molecule has 3 heterocycles. The number of hydrogen-bond acceptors (Lipinski definition) is 8. The van der Waals surface area contributed by atoms with Crippen molar-refractivity contribution in [2.24, 2.45) is 0 Å². The van der Waals surface area contributed by atoms with Gasteiger partial charge in [0.15, 0.2) is 5.79 Å². The van der Waals surface area contributed by atoms with Crippen LogP contribution in [0.2, 0.25) is 0 Å². The van der Waals surface area contributed by atoms with Crippen molar-refractivity contribution in [2.45, 2.75) is 68.6 Å². The van der Waals surface area contributed by atoms with Gasteiger partial charge < -0.3 is 33.5 Å². The minimum Gasteiger partial charge on any atom is -0.469 e. The molecule has 6 atom stereocenters. The summed E-state index contributed by atoms with van der Waals surface area (Å²) in [4.78, 5) is 11.6. The third-order valence-electron chi connectivity index (χ3n) is 6.02. The third kappa shape index (κ3) is 4.85. The number of rotatable bonds is 7. The molecule has 3 fully saturated rings. The van der Waals surface area contributed by atoms with Crippen LogP contribution in [-0.2, 0) is 39.8 Å². The van der Waals surface area contributed by atoms with E-state index in [9.17, 15) is 9.90 Å². The van der Waals surface area contributed by atoms with Gasteiger partial charge in [-0.05, 0) is 18.4 Å². The molecular formula is C22H30O8. The first-order valence-electron chi connectivity index (χ1n) is 10.5. The van der Waals surface area contributed by atoms with Crippen LogP contribution < -0.4 is 0 Å². The smallest absolute Gasteiger partial charge is 0.308 e. The molecule has 2 bridgehead atoms. The minimum atomic E-state index is -1.18. The van der Waals surface area contributed by atoms with Gasteiger partial charge in [-0.25, -0.2) is 0 Å². The average Bonchev–Trinajstić information content (AvgIpc) is 3.10. The Morgan fingerprint density at radius 2 is 1.87 bits per heavy atom. The second kappa shape index (κ2) is 9.72. The molecule has 3 aliphatic heterocycles. The van der Waals surface area contributed by atoms with Crippen LogP contribution in [0.15, 0.2) is 30.3 Å². The van der Waals surface area contributed by atoms with Gasteiger partial charge >= 0.3 is 5.97 Å². The number of aliphatic hydroxyl groups excluding tert-OH is 1. The van der Waals surface area contributed by atoms with Crippen molar-refractivity contribution in [2.75, 3.05) is 26.9 Å². The Morgan fingerprint density at radius 3 is 2.63 bits per heavy atom. The van der Waals surface area contributed by atoms with E-state index >= 15 is 0 Å². The molecule has 0 aromatic heterocycles. The Kier molecular flexibility index (Phi) is 7.02. The van der Waals surface area contributed by atoms with Gasteiger partial charge in [0, 0.05) is 6.42 Å². The molecule has 0 amide bonds. The van der Waals surface area contributed by atoms with Crippen molar-refractivity contribution in [3.63, 3.8) is 0 Å². The quantitative estimate of drug-likeness (QED) is 0.523. The van der Waals surface area contributed by atoms with Gasteiger partial charge in [-0.3, -0.25) is 4.79 Å². The summed E-state index contributed by atoms with van der Waals surface area (Å²) >= 11 is 0. The van der Waals surface area contributed by atoms with Crippen molar-refractivity contribution >= 4 is 5.97 Å². The molecule has 0 aliphatic carbocycles. The van der Waals surface area contributed by atoms with Crippen LogP contribution in [0, 0.1) is 0 Å². The average molecular weight is 422 g/mol. The molecule has 30 heavy (non-hydrogen) atoms. The molecule has 3 aliphatic rings. The summed E-state index contributed by atoms with van der Waals surface area (Å²) in [6.45, 7) is 1.33. The molecule has 3 saturated heterocycles. The van der Waals surface area contributed by atoms with Crippen molar-refractivity contribution in [3.05, 3.63) is 35.9 Å². The summed E-state index contributed by atoms with van der Waals surface area (Å²) in [7, 11) is 1.37. The topological polar surface area (TPSA) is 92.7 Å². The number of carbonyl (C=O) groups excluding carboxylic acids is 1. The number of ether oxygens (including phenoxy) is 6. The number of fused-ring (bicyclic) bond motifs is 3. The van der Waals surface area contributed by atoms with Crippen molar-refractivity contribution < 1.29 is 38.3 Å². The summed E-state index contributed by atoms with van der Waals surface area (Å²) < 4.78 is 34.7. The van der Waals surface area contributed by atoms with E-state index < -0.39 is 18.0 Å². The number of aliphatic hydroxyl groups is 1. The standard InChI is InChI=1S/C22H30O8/c1-25-20(23)11-16-7-8-17-18(29-16)13-27-22(21(24)19(30-17)14-28-22)9-10-26-12-15-5-3-2-4-6-15/h2-6,16-19,21,24H,7-14H2,1H3. The number of methoxy groups -OCH3 is 1. The highest BCUT2D eigenvalue weighted by molar-refractivity contribution is 5.69. The van der Waals surface area contributed by atoms with E-state index in [0.717, 1.165) is 12.0 Å². The zero-order valence-corrected chi connectivity index (χ0v) is 17.2. The molecular weight excluding hydrogens is 392 g/mol. The Morgan fingerprint density at radius 1 is 1.10 bits per heavy atom. The van der Waals surface area contributed by atoms with Crippen LogP contribution in [0.1, 0.15) is 31.2 Å². The van der Waals surface area contributed by atoms with Crippen molar-refractivity contribution in [1.82, 2.24) is 0 Å². The summed E-state index contributed by atoms with van der Waals surface area (Å²) in [5.41, 5.74) is 1.08. The maximum atomic E-state index is 11.6. The SMILES string of the molecule is COC(=O)CC1CCC2OC3COC(CCOCc4ccccc4)(OCC2O1)C3O. The van der Waals surface area contributed by atoms with Crippen LogP contribution in [0.3, 0.4) is 0 Å². The van der Waals surface area contributed by atoms with E-state index in [1.54, 1.807) is 0 Å². The summed E-state index contributed by atoms with van der Waals surface area (Å²) in [5.74, 6) is -1.47. The fourth-order valence-electron chi connectivity index (χ4n) is 4.30. The van der Waals surface area contributed by atoms with Gasteiger partial charge in [-0.2, -0.15) is 0 Å². The van der Waals surface area contributed by atoms with Crippen LogP contribution >= 0.6 is 0 Å².